The van der Waals surface area contributed by atoms with Gasteiger partial charge in [0.1, 0.15) is 0 Å². The molecule has 0 unspecified atom stereocenters. The lowest BCUT2D eigenvalue weighted by Gasteiger charge is -2.15. The number of allylic oxidation sites excluding steroid dienone is 2. The fraction of sp³-hybridized carbons (Fsp3) is 0.357. The molecular formula is C14H16O2. The SMILES string of the molecule is COC1=CC(=O)CC[C@H](c2ccccc2)C1. The Morgan fingerprint density at radius 1 is 1.25 bits per heavy atom. The number of methoxy groups -OCH3 is 1. The highest BCUT2D eigenvalue weighted by Gasteiger charge is 2.19. The van der Waals surface area contributed by atoms with Crippen molar-refractivity contribution >= 4 is 5.78 Å². The van der Waals surface area contributed by atoms with Gasteiger partial charge in [-0.1, -0.05) is 30.3 Å². The third kappa shape index (κ3) is 2.51. The lowest BCUT2D eigenvalue weighted by Crippen LogP contribution is -2.00. The molecule has 1 aliphatic rings. The Balaban J connectivity index is 2.19. The quantitative estimate of drug-likeness (QED) is 0.759. The molecule has 2 rings (SSSR count). The standard InChI is InChI=1S/C14H16O2/c1-16-14-9-12(7-8-13(15)10-14)11-5-3-2-4-6-11/h2-6,10,12H,7-9H2,1H3/t12-/m0/s1. The van der Waals surface area contributed by atoms with Crippen molar-refractivity contribution in [3.63, 3.8) is 0 Å². The Bertz CT molecular complexity index is 392. The van der Waals surface area contributed by atoms with E-state index in [0.717, 1.165) is 18.6 Å². The van der Waals surface area contributed by atoms with Crippen LogP contribution in [-0.4, -0.2) is 12.9 Å². The predicted molar refractivity (Wildman–Crippen MR) is 63.1 cm³/mol. The van der Waals surface area contributed by atoms with Crippen LogP contribution in [0.25, 0.3) is 0 Å². The average molecular weight is 216 g/mol. The lowest BCUT2D eigenvalue weighted by molar-refractivity contribution is -0.114. The largest absolute Gasteiger partial charge is 0.501 e. The first-order valence-corrected chi connectivity index (χ1v) is 5.62. The van der Waals surface area contributed by atoms with Gasteiger partial charge < -0.3 is 4.74 Å². The zero-order valence-electron chi connectivity index (χ0n) is 9.48. The van der Waals surface area contributed by atoms with E-state index in [-0.39, 0.29) is 5.78 Å². The molecule has 1 aromatic rings. The van der Waals surface area contributed by atoms with Crippen molar-refractivity contribution in [3.05, 3.63) is 47.7 Å². The molecule has 2 heteroatoms. The zero-order chi connectivity index (χ0) is 11.4. The van der Waals surface area contributed by atoms with Gasteiger partial charge in [0.25, 0.3) is 0 Å². The van der Waals surface area contributed by atoms with Crippen LogP contribution in [0.3, 0.4) is 0 Å². The Morgan fingerprint density at radius 3 is 2.69 bits per heavy atom. The molecule has 0 spiro atoms. The monoisotopic (exact) mass is 216 g/mol. The van der Waals surface area contributed by atoms with Crippen molar-refractivity contribution in [2.75, 3.05) is 7.11 Å². The van der Waals surface area contributed by atoms with Crippen molar-refractivity contribution in [1.29, 1.82) is 0 Å². The zero-order valence-corrected chi connectivity index (χ0v) is 9.48. The van der Waals surface area contributed by atoms with Gasteiger partial charge in [-0.2, -0.15) is 0 Å². The summed E-state index contributed by atoms with van der Waals surface area (Å²) in [5.74, 6) is 1.38. The molecule has 0 fully saturated rings. The molecule has 0 amide bonds. The van der Waals surface area contributed by atoms with Crippen LogP contribution in [0.2, 0.25) is 0 Å². The van der Waals surface area contributed by atoms with Gasteiger partial charge in [0.15, 0.2) is 5.78 Å². The number of hydrogen-bond donors (Lipinski definition) is 0. The highest BCUT2D eigenvalue weighted by molar-refractivity contribution is 5.90. The fourth-order valence-electron chi connectivity index (χ4n) is 2.12. The minimum absolute atomic E-state index is 0.176. The summed E-state index contributed by atoms with van der Waals surface area (Å²) in [5.41, 5.74) is 1.29. The summed E-state index contributed by atoms with van der Waals surface area (Å²) in [4.78, 5) is 11.5. The molecule has 0 aliphatic heterocycles. The number of carbonyl (C=O) groups excluding carboxylic acids is 1. The van der Waals surface area contributed by atoms with Crippen molar-refractivity contribution in [1.82, 2.24) is 0 Å². The van der Waals surface area contributed by atoms with Crippen LogP contribution in [0.4, 0.5) is 0 Å². The Hall–Kier alpha value is -1.57. The smallest absolute Gasteiger partial charge is 0.159 e. The summed E-state index contributed by atoms with van der Waals surface area (Å²) < 4.78 is 5.23. The van der Waals surface area contributed by atoms with E-state index in [2.05, 4.69) is 12.1 Å². The first-order chi connectivity index (χ1) is 7.79. The number of benzene rings is 1. The second-order valence-corrected chi connectivity index (χ2v) is 4.13. The van der Waals surface area contributed by atoms with Crippen LogP contribution >= 0.6 is 0 Å². The van der Waals surface area contributed by atoms with Gasteiger partial charge in [0.2, 0.25) is 0 Å². The minimum Gasteiger partial charge on any atom is -0.501 e. The summed E-state index contributed by atoms with van der Waals surface area (Å²) in [6.45, 7) is 0. The number of ether oxygens (including phenoxy) is 1. The van der Waals surface area contributed by atoms with Crippen LogP contribution < -0.4 is 0 Å². The van der Waals surface area contributed by atoms with Crippen molar-refractivity contribution in [2.45, 2.75) is 25.2 Å². The second kappa shape index (κ2) is 4.97. The van der Waals surface area contributed by atoms with Gasteiger partial charge in [0.05, 0.1) is 12.9 Å². The van der Waals surface area contributed by atoms with Crippen molar-refractivity contribution in [2.24, 2.45) is 0 Å². The average Bonchev–Trinajstić information content (AvgIpc) is 2.52. The molecule has 0 bridgehead atoms. The lowest BCUT2D eigenvalue weighted by atomic mass is 9.92. The van der Waals surface area contributed by atoms with E-state index in [4.69, 9.17) is 4.74 Å². The topological polar surface area (TPSA) is 26.3 Å². The molecule has 2 nitrogen and oxygen atoms in total. The molecule has 16 heavy (non-hydrogen) atoms. The molecule has 1 atom stereocenters. The molecule has 84 valence electrons. The summed E-state index contributed by atoms with van der Waals surface area (Å²) >= 11 is 0. The second-order valence-electron chi connectivity index (χ2n) is 4.13. The first kappa shape index (κ1) is 10.9. The molecule has 0 saturated heterocycles. The number of carbonyl (C=O) groups is 1. The predicted octanol–water partition coefficient (Wildman–Crippen LogP) is 3.05. The number of rotatable bonds is 2. The Labute approximate surface area is 95.9 Å². The molecular weight excluding hydrogens is 200 g/mol. The minimum atomic E-state index is 0.176. The highest BCUT2D eigenvalue weighted by Crippen LogP contribution is 2.30. The fourth-order valence-corrected chi connectivity index (χ4v) is 2.12. The van der Waals surface area contributed by atoms with Gasteiger partial charge in [-0.05, 0) is 17.9 Å². The van der Waals surface area contributed by atoms with Crippen LogP contribution in [0, 0.1) is 0 Å². The van der Waals surface area contributed by atoms with E-state index in [0.29, 0.717) is 12.3 Å². The van der Waals surface area contributed by atoms with Gasteiger partial charge in [-0.25, -0.2) is 0 Å². The third-order valence-electron chi connectivity index (χ3n) is 3.04. The van der Waals surface area contributed by atoms with E-state index in [9.17, 15) is 4.79 Å². The molecule has 0 radical (unpaired) electrons. The van der Waals surface area contributed by atoms with Crippen LogP contribution in [0.5, 0.6) is 0 Å². The number of ketones is 1. The maximum atomic E-state index is 11.5. The molecule has 1 aliphatic carbocycles. The Morgan fingerprint density at radius 2 is 2.00 bits per heavy atom. The van der Waals surface area contributed by atoms with Gasteiger partial charge >= 0.3 is 0 Å². The molecule has 0 N–H and O–H groups in total. The van der Waals surface area contributed by atoms with Crippen LogP contribution in [0.1, 0.15) is 30.7 Å². The summed E-state index contributed by atoms with van der Waals surface area (Å²) in [5, 5.41) is 0. The molecule has 0 heterocycles. The molecule has 0 saturated carbocycles. The van der Waals surface area contributed by atoms with E-state index < -0.39 is 0 Å². The van der Waals surface area contributed by atoms with E-state index in [1.165, 1.54) is 5.56 Å². The van der Waals surface area contributed by atoms with Crippen LogP contribution in [-0.2, 0) is 9.53 Å². The van der Waals surface area contributed by atoms with E-state index >= 15 is 0 Å². The van der Waals surface area contributed by atoms with Crippen molar-refractivity contribution in [3.8, 4) is 0 Å². The normalized spacial score (nSPS) is 21.2. The first-order valence-electron chi connectivity index (χ1n) is 5.62. The third-order valence-corrected chi connectivity index (χ3v) is 3.04. The highest BCUT2D eigenvalue weighted by atomic mass is 16.5. The summed E-state index contributed by atoms with van der Waals surface area (Å²) in [7, 11) is 1.63. The van der Waals surface area contributed by atoms with Crippen molar-refractivity contribution < 1.29 is 9.53 Å². The summed E-state index contributed by atoms with van der Waals surface area (Å²) in [6, 6.07) is 10.3. The van der Waals surface area contributed by atoms with Crippen LogP contribution in [0.15, 0.2) is 42.2 Å². The van der Waals surface area contributed by atoms with E-state index in [1.807, 2.05) is 18.2 Å². The Kier molecular flexibility index (Phi) is 3.40. The maximum Gasteiger partial charge on any atom is 0.159 e. The van der Waals surface area contributed by atoms with Gasteiger partial charge in [-0.3, -0.25) is 4.79 Å². The van der Waals surface area contributed by atoms with Gasteiger partial charge in [0, 0.05) is 18.9 Å². The van der Waals surface area contributed by atoms with E-state index in [1.54, 1.807) is 13.2 Å². The van der Waals surface area contributed by atoms with Gasteiger partial charge in [-0.15, -0.1) is 0 Å². The maximum absolute atomic E-state index is 11.5. The molecule has 0 aromatic heterocycles. The number of hydrogen-bond acceptors (Lipinski definition) is 2. The molecule has 1 aromatic carbocycles. The summed E-state index contributed by atoms with van der Waals surface area (Å²) in [6.07, 6.45) is 3.99.